The molecule has 0 aliphatic carbocycles. The first-order valence-electron chi connectivity index (χ1n) is 10.2. The van der Waals surface area contributed by atoms with Crippen molar-refractivity contribution in [3.63, 3.8) is 0 Å². The minimum atomic E-state index is -0.823. The largest absolute Gasteiger partial charge is 0.451 e. The summed E-state index contributed by atoms with van der Waals surface area (Å²) in [6.07, 6.45) is 2.50. The number of nitriles is 1. The fourth-order valence-corrected chi connectivity index (χ4v) is 3.56. The van der Waals surface area contributed by atoms with E-state index in [2.05, 4.69) is 16.8 Å². The first kappa shape index (κ1) is 21.8. The van der Waals surface area contributed by atoms with E-state index in [1.165, 1.54) is 6.08 Å². The smallest absolute Gasteiger partial charge is 0.349 e. The van der Waals surface area contributed by atoms with E-state index in [0.29, 0.717) is 5.69 Å². The van der Waals surface area contributed by atoms with E-state index in [-0.39, 0.29) is 5.57 Å². The number of hydrogen-bond donors (Lipinski definition) is 1. The molecule has 3 aromatic rings. The monoisotopic (exact) mass is 415 g/mol. The number of aryl methyl sites for hydroxylation is 1. The van der Waals surface area contributed by atoms with Gasteiger partial charge >= 0.3 is 5.97 Å². The van der Waals surface area contributed by atoms with Crippen molar-refractivity contribution < 1.29 is 14.3 Å². The Morgan fingerprint density at radius 1 is 1.16 bits per heavy atom. The molecule has 1 aromatic heterocycles. The molecule has 0 saturated carbocycles. The molecule has 6 heteroatoms. The summed E-state index contributed by atoms with van der Waals surface area (Å²) in [7, 11) is 0. The van der Waals surface area contributed by atoms with Gasteiger partial charge in [0.05, 0.1) is 0 Å². The quantitative estimate of drug-likeness (QED) is 0.343. The van der Waals surface area contributed by atoms with Crippen molar-refractivity contribution >= 4 is 34.4 Å². The van der Waals surface area contributed by atoms with Crippen LogP contribution in [0.1, 0.15) is 30.3 Å². The van der Waals surface area contributed by atoms with E-state index in [4.69, 9.17) is 4.74 Å². The zero-order valence-corrected chi connectivity index (χ0v) is 17.9. The summed E-state index contributed by atoms with van der Waals surface area (Å²) < 4.78 is 7.23. The molecule has 0 radical (unpaired) electrons. The number of nitrogens with zero attached hydrogens (tertiary/aromatic N) is 2. The highest BCUT2D eigenvalue weighted by Crippen LogP contribution is 2.23. The Labute approximate surface area is 181 Å². The average molecular weight is 415 g/mol. The molecule has 0 bridgehead atoms. The third kappa shape index (κ3) is 5.01. The topological polar surface area (TPSA) is 84.1 Å². The Balaban J connectivity index is 1.67. The second kappa shape index (κ2) is 9.77. The molecule has 0 atom stereocenters. The van der Waals surface area contributed by atoms with E-state index >= 15 is 0 Å². The number of fused-ring (bicyclic) bond motifs is 1. The number of nitrogens with one attached hydrogen (secondary N) is 1. The number of carbonyl (C=O) groups is 2. The summed E-state index contributed by atoms with van der Waals surface area (Å²) in [4.78, 5) is 24.7. The van der Waals surface area contributed by atoms with Gasteiger partial charge in [-0.3, -0.25) is 4.79 Å². The van der Waals surface area contributed by atoms with Gasteiger partial charge in [0.2, 0.25) is 0 Å². The van der Waals surface area contributed by atoms with Crippen LogP contribution in [0, 0.1) is 25.2 Å². The number of amides is 1. The molecule has 0 fully saturated rings. The van der Waals surface area contributed by atoms with E-state index in [0.717, 1.165) is 40.7 Å². The van der Waals surface area contributed by atoms with Gasteiger partial charge in [-0.25, -0.2) is 4.79 Å². The van der Waals surface area contributed by atoms with Gasteiger partial charge in [0.1, 0.15) is 11.6 Å². The lowest BCUT2D eigenvalue weighted by atomic mass is 10.1. The molecule has 31 heavy (non-hydrogen) atoms. The molecule has 0 spiro atoms. The van der Waals surface area contributed by atoms with Crippen molar-refractivity contribution in [2.75, 3.05) is 11.9 Å². The minimum absolute atomic E-state index is 0.144. The molecule has 2 aromatic carbocycles. The number of aromatic nitrogens is 1. The zero-order valence-electron chi connectivity index (χ0n) is 17.9. The summed E-state index contributed by atoms with van der Waals surface area (Å²) >= 11 is 0. The summed E-state index contributed by atoms with van der Waals surface area (Å²) in [5.74, 6) is -1.29. The second-order valence-corrected chi connectivity index (χ2v) is 7.30. The Morgan fingerprint density at radius 2 is 1.90 bits per heavy atom. The number of anilines is 1. The SMILES string of the molecule is CCCn1c(C)cc(C=C(C#N)C(=O)OCC(=O)Nc2cccc3ccccc23)c1C. The van der Waals surface area contributed by atoms with Crippen molar-refractivity contribution in [3.8, 4) is 6.07 Å². The minimum Gasteiger partial charge on any atom is -0.451 e. The van der Waals surface area contributed by atoms with Crippen LogP contribution < -0.4 is 5.32 Å². The zero-order chi connectivity index (χ0) is 22.4. The number of esters is 1. The van der Waals surface area contributed by atoms with Gasteiger partial charge in [-0.05, 0) is 49.4 Å². The van der Waals surface area contributed by atoms with Crippen LogP contribution >= 0.6 is 0 Å². The lowest BCUT2D eigenvalue weighted by Crippen LogP contribution is -2.21. The predicted molar refractivity (Wildman–Crippen MR) is 121 cm³/mol. The van der Waals surface area contributed by atoms with Crippen LogP contribution in [0.5, 0.6) is 0 Å². The third-order valence-corrected chi connectivity index (χ3v) is 5.10. The molecule has 0 aliphatic heterocycles. The van der Waals surface area contributed by atoms with Gasteiger partial charge in [-0.1, -0.05) is 43.3 Å². The van der Waals surface area contributed by atoms with Gasteiger partial charge in [0, 0.05) is 29.0 Å². The summed E-state index contributed by atoms with van der Waals surface area (Å²) in [6, 6.07) is 17.1. The van der Waals surface area contributed by atoms with Gasteiger partial charge in [-0.15, -0.1) is 0 Å². The van der Waals surface area contributed by atoms with Gasteiger partial charge < -0.3 is 14.6 Å². The van der Waals surface area contributed by atoms with Crippen LogP contribution in [0.3, 0.4) is 0 Å². The van der Waals surface area contributed by atoms with Crippen LogP contribution in [-0.4, -0.2) is 23.1 Å². The van der Waals surface area contributed by atoms with E-state index in [1.54, 1.807) is 6.07 Å². The summed E-state index contributed by atoms with van der Waals surface area (Å²) in [5, 5.41) is 14.1. The second-order valence-electron chi connectivity index (χ2n) is 7.30. The molecular formula is C25H25N3O3. The molecule has 0 saturated heterocycles. The molecule has 0 unspecified atom stereocenters. The number of hydrogen-bond acceptors (Lipinski definition) is 4. The van der Waals surface area contributed by atoms with Gasteiger partial charge in [0.25, 0.3) is 5.91 Å². The number of rotatable bonds is 7. The molecule has 6 nitrogen and oxygen atoms in total. The highest BCUT2D eigenvalue weighted by atomic mass is 16.5. The number of benzene rings is 2. The normalized spacial score (nSPS) is 11.2. The Bertz CT molecular complexity index is 1190. The van der Waals surface area contributed by atoms with Crippen LogP contribution in [0.15, 0.2) is 54.1 Å². The predicted octanol–water partition coefficient (Wildman–Crippen LogP) is 4.76. The maximum atomic E-state index is 12.4. The number of carbonyl (C=O) groups excluding carboxylic acids is 2. The summed E-state index contributed by atoms with van der Waals surface area (Å²) in [5.41, 5.74) is 3.33. The maximum Gasteiger partial charge on any atom is 0.349 e. The maximum absolute atomic E-state index is 12.4. The van der Waals surface area contributed by atoms with Gasteiger partial charge in [0.15, 0.2) is 6.61 Å². The standard InChI is InChI=1S/C25H25N3O3/c1-4-12-28-17(2)13-20(18(28)3)14-21(15-26)25(30)31-16-24(29)27-23-11-7-9-19-8-5-6-10-22(19)23/h5-11,13-14H,4,12,16H2,1-3H3,(H,27,29). The van der Waals surface area contributed by atoms with Crippen LogP contribution in [0.2, 0.25) is 0 Å². The fourth-order valence-electron chi connectivity index (χ4n) is 3.56. The van der Waals surface area contributed by atoms with E-state index < -0.39 is 18.5 Å². The molecule has 1 amide bonds. The van der Waals surface area contributed by atoms with Crippen LogP contribution in [0.4, 0.5) is 5.69 Å². The van der Waals surface area contributed by atoms with Gasteiger partial charge in [-0.2, -0.15) is 5.26 Å². The van der Waals surface area contributed by atoms with Crippen molar-refractivity contribution in [1.29, 1.82) is 5.26 Å². The van der Waals surface area contributed by atoms with E-state index in [9.17, 15) is 14.9 Å². The Kier molecular flexibility index (Phi) is 6.88. The molecule has 3 rings (SSSR count). The highest BCUT2D eigenvalue weighted by Gasteiger charge is 2.16. The summed E-state index contributed by atoms with van der Waals surface area (Å²) in [6.45, 7) is 6.42. The van der Waals surface area contributed by atoms with Crippen molar-refractivity contribution in [2.45, 2.75) is 33.7 Å². The third-order valence-electron chi connectivity index (χ3n) is 5.10. The molecule has 158 valence electrons. The lowest BCUT2D eigenvalue weighted by molar-refractivity contribution is -0.142. The molecule has 1 N–H and O–H groups in total. The molecule has 0 aliphatic rings. The lowest BCUT2D eigenvalue weighted by Gasteiger charge is -2.09. The molecular weight excluding hydrogens is 390 g/mol. The van der Waals surface area contributed by atoms with Crippen molar-refractivity contribution in [3.05, 3.63) is 71.1 Å². The molecule has 1 heterocycles. The first-order valence-corrected chi connectivity index (χ1v) is 10.2. The van der Waals surface area contributed by atoms with Crippen molar-refractivity contribution in [1.82, 2.24) is 4.57 Å². The average Bonchev–Trinajstić information content (AvgIpc) is 3.03. The van der Waals surface area contributed by atoms with E-state index in [1.807, 2.05) is 62.4 Å². The van der Waals surface area contributed by atoms with Crippen LogP contribution in [0.25, 0.3) is 16.8 Å². The Morgan fingerprint density at radius 3 is 2.65 bits per heavy atom. The fraction of sp³-hybridized carbons (Fsp3) is 0.240. The van der Waals surface area contributed by atoms with Crippen molar-refractivity contribution in [2.24, 2.45) is 0 Å². The first-order chi connectivity index (χ1) is 14.9. The Hall–Kier alpha value is -3.85. The number of ether oxygens (including phenoxy) is 1. The van der Waals surface area contributed by atoms with Crippen LogP contribution in [-0.2, 0) is 20.9 Å². The highest BCUT2D eigenvalue weighted by molar-refractivity contribution is 6.04.